The molecule has 3 heterocycles. The van der Waals surface area contributed by atoms with E-state index >= 15 is 0 Å². The van der Waals surface area contributed by atoms with Crippen molar-refractivity contribution in [2.45, 2.75) is 38.6 Å². The van der Waals surface area contributed by atoms with Crippen LogP contribution in [0.5, 0.6) is 0 Å². The topological polar surface area (TPSA) is 67.6 Å². The normalized spacial score (nSPS) is 24.8. The molecule has 1 amide bonds. The third-order valence-corrected chi connectivity index (χ3v) is 6.51. The maximum atomic E-state index is 12.8. The largest absolute Gasteiger partial charge is 0.396 e. The second kappa shape index (κ2) is 6.60. The Morgan fingerprint density at radius 1 is 1.43 bits per heavy atom. The highest BCUT2D eigenvalue weighted by Crippen LogP contribution is 2.37. The van der Waals surface area contributed by atoms with Crippen molar-refractivity contribution in [2.75, 3.05) is 31.1 Å². The molecule has 6 heteroatoms. The molecule has 0 radical (unpaired) electrons. The van der Waals surface area contributed by atoms with E-state index in [2.05, 4.69) is 17.9 Å². The highest BCUT2D eigenvalue weighted by Gasteiger charge is 2.41. The van der Waals surface area contributed by atoms with Crippen LogP contribution in [0.2, 0.25) is 0 Å². The Morgan fingerprint density at radius 3 is 2.78 bits per heavy atom. The third-order valence-electron chi connectivity index (χ3n) is 5.57. The maximum Gasteiger partial charge on any atom is 0.245 e. The summed E-state index contributed by atoms with van der Waals surface area (Å²) in [6, 6.07) is 3.87. The fraction of sp³-hybridized carbons (Fsp3) is 0.647. The number of piperidine rings is 1. The number of carbonyl (C=O) groups excluding carboxylic acids is 1. The highest BCUT2D eigenvalue weighted by atomic mass is 32.1. The lowest BCUT2D eigenvalue weighted by Crippen LogP contribution is -2.49. The number of hydrogen-bond acceptors (Lipinski definition) is 5. The second-order valence-electron chi connectivity index (χ2n) is 6.59. The van der Waals surface area contributed by atoms with E-state index < -0.39 is 0 Å². The lowest BCUT2D eigenvalue weighted by atomic mass is 9.76. The minimum absolute atomic E-state index is 0.0412. The number of likely N-dealkylation sites (tertiary alicyclic amines) is 1. The molecule has 0 bridgehead atoms. The van der Waals surface area contributed by atoms with E-state index in [4.69, 9.17) is 5.26 Å². The zero-order valence-corrected chi connectivity index (χ0v) is 14.3. The summed E-state index contributed by atoms with van der Waals surface area (Å²) >= 11 is 1.46. The number of anilines is 1. The minimum Gasteiger partial charge on any atom is -0.396 e. The lowest BCUT2D eigenvalue weighted by molar-refractivity contribution is -0.122. The van der Waals surface area contributed by atoms with Gasteiger partial charge in [-0.3, -0.25) is 9.69 Å². The SMILES string of the molecule is CCC1(CO)CCN(C2CCN(c3sccc3C#N)C2=O)CC1. The van der Waals surface area contributed by atoms with Gasteiger partial charge in [0.2, 0.25) is 5.91 Å². The van der Waals surface area contributed by atoms with Crippen LogP contribution in [0.3, 0.4) is 0 Å². The highest BCUT2D eigenvalue weighted by molar-refractivity contribution is 7.14. The van der Waals surface area contributed by atoms with Crippen molar-refractivity contribution in [3.8, 4) is 6.07 Å². The summed E-state index contributed by atoms with van der Waals surface area (Å²) in [4.78, 5) is 16.9. The minimum atomic E-state index is -0.0720. The van der Waals surface area contributed by atoms with Gasteiger partial charge >= 0.3 is 0 Å². The molecule has 2 fully saturated rings. The molecule has 5 nitrogen and oxygen atoms in total. The van der Waals surface area contributed by atoms with E-state index in [1.165, 1.54) is 11.3 Å². The number of aliphatic hydroxyl groups excluding tert-OH is 1. The Morgan fingerprint density at radius 2 is 2.17 bits per heavy atom. The number of rotatable bonds is 4. The average molecular weight is 333 g/mol. The first-order chi connectivity index (χ1) is 11.1. The molecule has 2 aliphatic rings. The summed E-state index contributed by atoms with van der Waals surface area (Å²) in [5.74, 6) is 0.122. The summed E-state index contributed by atoms with van der Waals surface area (Å²) in [7, 11) is 0. The number of thiophene rings is 1. The van der Waals surface area contributed by atoms with E-state index in [0.29, 0.717) is 12.1 Å². The van der Waals surface area contributed by atoms with E-state index in [-0.39, 0.29) is 24.0 Å². The molecule has 1 aromatic heterocycles. The van der Waals surface area contributed by atoms with Crippen LogP contribution in [0.25, 0.3) is 0 Å². The molecule has 1 aromatic rings. The van der Waals surface area contributed by atoms with Crippen molar-refractivity contribution in [1.29, 1.82) is 5.26 Å². The maximum absolute atomic E-state index is 12.8. The standard InChI is InChI=1S/C17H23N3O2S/c1-2-17(12-21)5-8-19(9-6-17)14-3-7-20(15(14)22)16-13(11-18)4-10-23-16/h4,10,14,21H,2-3,5-9,12H2,1H3. The summed E-state index contributed by atoms with van der Waals surface area (Å²) < 4.78 is 0. The molecular weight excluding hydrogens is 310 g/mol. The Hall–Kier alpha value is -1.42. The van der Waals surface area contributed by atoms with Gasteiger partial charge in [0.15, 0.2) is 0 Å². The van der Waals surface area contributed by atoms with Gasteiger partial charge < -0.3 is 10.0 Å². The third kappa shape index (κ3) is 2.89. The van der Waals surface area contributed by atoms with Crippen LogP contribution in [-0.4, -0.2) is 48.2 Å². The summed E-state index contributed by atoms with van der Waals surface area (Å²) in [5, 5.41) is 21.5. The van der Waals surface area contributed by atoms with Gasteiger partial charge in [0.25, 0.3) is 0 Å². The smallest absolute Gasteiger partial charge is 0.245 e. The first-order valence-electron chi connectivity index (χ1n) is 8.28. The molecule has 0 aromatic carbocycles. The van der Waals surface area contributed by atoms with Crippen LogP contribution in [0.15, 0.2) is 11.4 Å². The molecule has 124 valence electrons. The van der Waals surface area contributed by atoms with E-state index in [9.17, 15) is 9.90 Å². The second-order valence-corrected chi connectivity index (χ2v) is 7.49. The van der Waals surface area contributed by atoms with Crippen molar-refractivity contribution in [2.24, 2.45) is 5.41 Å². The molecule has 0 spiro atoms. The van der Waals surface area contributed by atoms with Crippen LogP contribution >= 0.6 is 11.3 Å². The quantitative estimate of drug-likeness (QED) is 0.917. The predicted octanol–water partition coefficient (Wildman–Crippen LogP) is 2.21. The summed E-state index contributed by atoms with van der Waals surface area (Å²) in [6.07, 6.45) is 3.71. The number of amides is 1. The first kappa shape index (κ1) is 16.4. The van der Waals surface area contributed by atoms with Crippen molar-refractivity contribution in [3.05, 3.63) is 17.0 Å². The molecule has 2 saturated heterocycles. The fourth-order valence-electron chi connectivity index (χ4n) is 3.73. The predicted molar refractivity (Wildman–Crippen MR) is 90.4 cm³/mol. The number of aliphatic hydroxyl groups is 1. The number of nitriles is 1. The van der Waals surface area contributed by atoms with E-state index in [1.807, 2.05) is 5.38 Å². The molecule has 3 rings (SSSR count). The van der Waals surface area contributed by atoms with Crippen LogP contribution < -0.4 is 4.90 Å². The molecule has 1 N–H and O–H groups in total. The van der Waals surface area contributed by atoms with Gasteiger partial charge in [-0.05, 0) is 55.6 Å². The Bertz CT molecular complexity index is 608. The zero-order valence-electron chi connectivity index (χ0n) is 13.5. The van der Waals surface area contributed by atoms with Gasteiger partial charge in [-0.2, -0.15) is 5.26 Å². The Balaban J connectivity index is 1.68. The van der Waals surface area contributed by atoms with Crippen molar-refractivity contribution in [1.82, 2.24) is 4.90 Å². The van der Waals surface area contributed by atoms with Crippen LogP contribution in [0.1, 0.15) is 38.2 Å². The van der Waals surface area contributed by atoms with Gasteiger partial charge in [-0.15, -0.1) is 11.3 Å². The Kier molecular flexibility index (Phi) is 4.72. The van der Waals surface area contributed by atoms with Crippen molar-refractivity contribution in [3.63, 3.8) is 0 Å². The average Bonchev–Trinajstić information content (AvgIpc) is 3.21. The van der Waals surface area contributed by atoms with E-state index in [0.717, 1.165) is 43.8 Å². The molecule has 0 saturated carbocycles. The van der Waals surface area contributed by atoms with Crippen LogP contribution in [-0.2, 0) is 4.79 Å². The van der Waals surface area contributed by atoms with Crippen molar-refractivity contribution < 1.29 is 9.90 Å². The fourth-order valence-corrected chi connectivity index (χ4v) is 4.62. The van der Waals surface area contributed by atoms with Gasteiger partial charge in [-0.25, -0.2) is 0 Å². The molecule has 1 unspecified atom stereocenters. The lowest BCUT2D eigenvalue weighted by Gasteiger charge is -2.42. The van der Waals surface area contributed by atoms with Gasteiger partial charge in [0.05, 0.1) is 11.6 Å². The zero-order chi connectivity index (χ0) is 16.4. The number of hydrogen-bond donors (Lipinski definition) is 1. The van der Waals surface area contributed by atoms with Crippen LogP contribution in [0, 0.1) is 16.7 Å². The van der Waals surface area contributed by atoms with Gasteiger partial charge in [0.1, 0.15) is 11.1 Å². The van der Waals surface area contributed by atoms with Gasteiger partial charge in [-0.1, -0.05) is 6.92 Å². The molecule has 23 heavy (non-hydrogen) atoms. The molecule has 0 aliphatic carbocycles. The van der Waals surface area contributed by atoms with E-state index in [1.54, 1.807) is 11.0 Å². The van der Waals surface area contributed by atoms with Gasteiger partial charge in [0, 0.05) is 13.2 Å². The molecule has 2 aliphatic heterocycles. The van der Waals surface area contributed by atoms with Crippen LogP contribution in [0.4, 0.5) is 5.00 Å². The summed E-state index contributed by atoms with van der Waals surface area (Å²) in [6.45, 7) is 4.80. The van der Waals surface area contributed by atoms with Crippen molar-refractivity contribution >= 4 is 22.2 Å². The number of nitrogens with zero attached hydrogens (tertiary/aromatic N) is 3. The Labute approximate surface area is 141 Å². The first-order valence-corrected chi connectivity index (χ1v) is 9.16. The monoisotopic (exact) mass is 333 g/mol. The number of carbonyl (C=O) groups is 1. The summed E-state index contributed by atoms with van der Waals surface area (Å²) in [5.41, 5.74) is 0.632. The molecular formula is C17H23N3O2S. The molecule has 1 atom stereocenters.